The Kier molecular flexibility index (Phi) is 5.55. The summed E-state index contributed by atoms with van der Waals surface area (Å²) < 4.78 is 0. The van der Waals surface area contributed by atoms with E-state index in [9.17, 15) is 4.79 Å². The molecule has 0 radical (unpaired) electrons. The van der Waals surface area contributed by atoms with Crippen molar-refractivity contribution >= 4 is 34.8 Å². The third kappa shape index (κ3) is 4.07. The van der Waals surface area contributed by atoms with Crippen molar-refractivity contribution in [2.24, 2.45) is 0 Å². The van der Waals surface area contributed by atoms with Crippen molar-refractivity contribution in [3.63, 3.8) is 0 Å². The first kappa shape index (κ1) is 14.1. The Hall–Kier alpha value is -0.970. The van der Waals surface area contributed by atoms with Crippen LogP contribution in [0, 0.1) is 0 Å². The van der Waals surface area contributed by atoms with Crippen molar-refractivity contribution in [2.45, 2.75) is 12.8 Å². The van der Waals surface area contributed by atoms with Crippen molar-refractivity contribution in [1.29, 1.82) is 0 Å². The van der Waals surface area contributed by atoms with Gasteiger partial charge in [0.15, 0.2) is 0 Å². The maximum absolute atomic E-state index is 11.7. The normalized spacial score (nSPS) is 10.3. The second-order valence-corrected chi connectivity index (χ2v) is 4.35. The Labute approximate surface area is 110 Å². The average molecular weight is 277 g/mol. The number of benzene rings is 1. The van der Waals surface area contributed by atoms with Crippen LogP contribution in [-0.4, -0.2) is 24.2 Å². The number of halogens is 2. The fraction of sp³-hybridized carbons (Fsp3) is 0.364. The highest BCUT2D eigenvalue weighted by atomic mass is 35.5. The van der Waals surface area contributed by atoms with Crippen LogP contribution in [0.2, 0.25) is 10.0 Å². The molecule has 94 valence electrons. The van der Waals surface area contributed by atoms with E-state index in [1.54, 1.807) is 0 Å². The summed E-state index contributed by atoms with van der Waals surface area (Å²) in [6, 6.07) is 2.95. The molecule has 0 aliphatic heterocycles. The van der Waals surface area contributed by atoms with Crippen LogP contribution in [0.3, 0.4) is 0 Å². The molecule has 0 aliphatic rings. The minimum absolute atomic E-state index is 0.120. The molecular weight excluding hydrogens is 263 g/mol. The summed E-state index contributed by atoms with van der Waals surface area (Å²) in [4.78, 5) is 11.7. The van der Waals surface area contributed by atoms with Gasteiger partial charge in [-0.25, -0.2) is 0 Å². The SMILES string of the molecule is Nc1c(Cl)cc(C(=O)NCCCCO)cc1Cl. The number of unbranched alkanes of at least 4 members (excludes halogenated alkanes) is 1. The Bertz CT molecular complexity index is 387. The Morgan fingerprint density at radius 2 is 1.88 bits per heavy atom. The standard InChI is InChI=1S/C11H14Cl2N2O2/c12-8-5-7(6-9(13)10(8)14)11(17)15-3-1-2-4-16/h5-6,16H,1-4,14H2,(H,15,17). The molecule has 1 aromatic rings. The minimum Gasteiger partial charge on any atom is -0.396 e. The van der Waals surface area contributed by atoms with Crippen molar-refractivity contribution in [1.82, 2.24) is 5.32 Å². The van der Waals surface area contributed by atoms with Crippen LogP contribution in [0.25, 0.3) is 0 Å². The molecule has 17 heavy (non-hydrogen) atoms. The first-order valence-electron chi connectivity index (χ1n) is 5.20. The zero-order valence-corrected chi connectivity index (χ0v) is 10.7. The third-order valence-corrected chi connectivity index (χ3v) is 2.84. The lowest BCUT2D eigenvalue weighted by atomic mass is 10.2. The maximum Gasteiger partial charge on any atom is 0.251 e. The van der Waals surface area contributed by atoms with Gasteiger partial charge in [-0.05, 0) is 25.0 Å². The van der Waals surface area contributed by atoms with Crippen molar-refractivity contribution in [3.05, 3.63) is 27.7 Å². The topological polar surface area (TPSA) is 75.4 Å². The first-order chi connectivity index (χ1) is 8.06. The molecule has 4 nitrogen and oxygen atoms in total. The molecule has 0 aromatic heterocycles. The lowest BCUT2D eigenvalue weighted by Gasteiger charge is -2.07. The van der Waals surface area contributed by atoms with Gasteiger partial charge >= 0.3 is 0 Å². The number of nitrogen functional groups attached to an aromatic ring is 1. The highest BCUT2D eigenvalue weighted by Gasteiger charge is 2.10. The molecular formula is C11H14Cl2N2O2. The Balaban J connectivity index is 2.63. The number of anilines is 1. The van der Waals surface area contributed by atoms with E-state index < -0.39 is 0 Å². The van der Waals surface area contributed by atoms with Crippen LogP contribution in [0.5, 0.6) is 0 Å². The zero-order chi connectivity index (χ0) is 12.8. The molecule has 0 heterocycles. The second kappa shape index (κ2) is 6.69. The van der Waals surface area contributed by atoms with Crippen LogP contribution >= 0.6 is 23.2 Å². The smallest absolute Gasteiger partial charge is 0.251 e. The van der Waals surface area contributed by atoms with E-state index in [0.29, 0.717) is 18.5 Å². The molecule has 1 aromatic carbocycles. The number of carbonyl (C=O) groups excluding carboxylic acids is 1. The highest BCUT2D eigenvalue weighted by Crippen LogP contribution is 2.28. The zero-order valence-electron chi connectivity index (χ0n) is 9.17. The van der Waals surface area contributed by atoms with Gasteiger partial charge in [-0.3, -0.25) is 4.79 Å². The quantitative estimate of drug-likeness (QED) is 0.569. The van der Waals surface area contributed by atoms with Gasteiger partial charge in [0.1, 0.15) is 0 Å². The van der Waals surface area contributed by atoms with E-state index in [-0.39, 0.29) is 28.2 Å². The van der Waals surface area contributed by atoms with Crippen molar-refractivity contribution < 1.29 is 9.90 Å². The van der Waals surface area contributed by atoms with Gasteiger partial charge in [0.2, 0.25) is 0 Å². The molecule has 0 aliphatic carbocycles. The molecule has 1 rings (SSSR count). The number of nitrogens with two attached hydrogens (primary N) is 1. The second-order valence-electron chi connectivity index (χ2n) is 3.54. The molecule has 0 atom stereocenters. The summed E-state index contributed by atoms with van der Waals surface area (Å²) in [5.41, 5.74) is 6.21. The molecule has 4 N–H and O–H groups in total. The summed E-state index contributed by atoms with van der Waals surface area (Å²) in [6.07, 6.45) is 1.38. The van der Waals surface area contributed by atoms with E-state index >= 15 is 0 Å². The molecule has 6 heteroatoms. The fourth-order valence-electron chi connectivity index (χ4n) is 1.26. The predicted molar refractivity (Wildman–Crippen MR) is 69.5 cm³/mol. The molecule has 0 saturated heterocycles. The summed E-state index contributed by atoms with van der Waals surface area (Å²) in [5.74, 6) is -0.258. The Morgan fingerprint density at radius 1 is 1.29 bits per heavy atom. The predicted octanol–water partition coefficient (Wildman–Crippen LogP) is 2.08. The van der Waals surface area contributed by atoms with Gasteiger partial charge in [-0.2, -0.15) is 0 Å². The summed E-state index contributed by atoms with van der Waals surface area (Å²) >= 11 is 11.6. The van der Waals surface area contributed by atoms with Gasteiger partial charge in [0, 0.05) is 18.7 Å². The highest BCUT2D eigenvalue weighted by molar-refractivity contribution is 6.39. The van der Waals surface area contributed by atoms with E-state index in [0.717, 1.165) is 6.42 Å². The van der Waals surface area contributed by atoms with Crippen LogP contribution in [0.4, 0.5) is 5.69 Å². The fourth-order valence-corrected chi connectivity index (χ4v) is 1.74. The molecule has 0 saturated carbocycles. The van der Waals surface area contributed by atoms with Crippen molar-refractivity contribution in [2.75, 3.05) is 18.9 Å². The first-order valence-corrected chi connectivity index (χ1v) is 5.95. The van der Waals surface area contributed by atoms with Crippen LogP contribution in [0.1, 0.15) is 23.2 Å². The summed E-state index contributed by atoms with van der Waals surface area (Å²) in [6.45, 7) is 0.619. The molecule has 1 amide bonds. The van der Waals surface area contributed by atoms with Gasteiger partial charge in [-0.15, -0.1) is 0 Å². The summed E-state index contributed by atoms with van der Waals surface area (Å²) in [7, 11) is 0. The van der Waals surface area contributed by atoms with E-state index in [1.807, 2.05) is 0 Å². The number of nitrogens with one attached hydrogen (secondary N) is 1. The number of carbonyl (C=O) groups is 1. The third-order valence-electron chi connectivity index (χ3n) is 2.21. The van der Waals surface area contributed by atoms with Crippen LogP contribution in [0.15, 0.2) is 12.1 Å². The van der Waals surface area contributed by atoms with Gasteiger partial charge in [0.05, 0.1) is 15.7 Å². The Morgan fingerprint density at radius 3 is 2.41 bits per heavy atom. The minimum atomic E-state index is -0.258. The van der Waals surface area contributed by atoms with Crippen molar-refractivity contribution in [3.8, 4) is 0 Å². The van der Waals surface area contributed by atoms with E-state index in [2.05, 4.69) is 5.32 Å². The lowest BCUT2D eigenvalue weighted by Crippen LogP contribution is -2.24. The molecule has 0 fully saturated rings. The van der Waals surface area contributed by atoms with E-state index in [1.165, 1.54) is 12.1 Å². The number of hydrogen-bond acceptors (Lipinski definition) is 3. The lowest BCUT2D eigenvalue weighted by molar-refractivity contribution is 0.0952. The number of hydrogen-bond donors (Lipinski definition) is 3. The van der Waals surface area contributed by atoms with Gasteiger partial charge in [0.25, 0.3) is 5.91 Å². The number of aliphatic hydroxyl groups excluding tert-OH is 1. The number of amides is 1. The number of aliphatic hydroxyl groups is 1. The number of rotatable bonds is 5. The summed E-state index contributed by atoms with van der Waals surface area (Å²) in [5, 5.41) is 11.8. The van der Waals surface area contributed by atoms with Crippen LogP contribution in [-0.2, 0) is 0 Å². The average Bonchev–Trinajstić information content (AvgIpc) is 2.30. The monoisotopic (exact) mass is 276 g/mol. The van der Waals surface area contributed by atoms with E-state index in [4.69, 9.17) is 34.0 Å². The molecule has 0 bridgehead atoms. The van der Waals surface area contributed by atoms with Gasteiger partial charge in [-0.1, -0.05) is 23.2 Å². The molecule has 0 spiro atoms. The maximum atomic E-state index is 11.7. The largest absolute Gasteiger partial charge is 0.396 e. The molecule has 0 unspecified atom stereocenters. The van der Waals surface area contributed by atoms with Gasteiger partial charge < -0.3 is 16.2 Å². The van der Waals surface area contributed by atoms with Crippen LogP contribution < -0.4 is 11.1 Å².